The van der Waals surface area contributed by atoms with Crippen molar-refractivity contribution in [1.82, 2.24) is 9.55 Å². The first-order valence-corrected chi connectivity index (χ1v) is 12.1. The quantitative estimate of drug-likeness (QED) is 0.238. The number of ether oxygens (including phenoxy) is 1. The summed E-state index contributed by atoms with van der Waals surface area (Å²) < 4.78 is 51.4. The largest absolute Gasteiger partial charge is 0.490 e. The predicted octanol–water partition coefficient (Wildman–Crippen LogP) is -1.23. The van der Waals surface area contributed by atoms with Crippen LogP contribution in [0.4, 0.5) is 0 Å². The van der Waals surface area contributed by atoms with E-state index in [4.69, 9.17) is 19.4 Å². The Labute approximate surface area is 161 Å². The number of rotatable bonds is 8. The van der Waals surface area contributed by atoms with Crippen molar-refractivity contribution in [2.75, 3.05) is 6.61 Å². The van der Waals surface area contributed by atoms with Gasteiger partial charge in [0, 0.05) is 18.2 Å². The van der Waals surface area contributed by atoms with Crippen molar-refractivity contribution in [3.8, 4) is 0 Å². The van der Waals surface area contributed by atoms with Crippen molar-refractivity contribution in [3.63, 3.8) is 0 Å². The van der Waals surface area contributed by atoms with Crippen LogP contribution >= 0.6 is 23.5 Å². The third-order valence-electron chi connectivity index (χ3n) is 3.63. The summed E-state index contributed by atoms with van der Waals surface area (Å²) in [6.45, 7) is 0.585. The van der Waals surface area contributed by atoms with Crippen LogP contribution < -0.4 is 11.2 Å². The summed E-state index contributed by atoms with van der Waals surface area (Å²) in [6, 6.07) is 1.03. The van der Waals surface area contributed by atoms with Gasteiger partial charge in [0.2, 0.25) is 0 Å². The standard InChI is InChI=1S/C10H17N2O14P3/c1-5-8(14)6(24-9(5)12-3-2-7(13)11-10(12)15)4-23-28(19,20)26-29(21,22)25-27(16,17)18/h2-3,5-6,8-9,14H,4H2,1H3,(H,19,20)(H,21,22)(H,11,13,15)(H2,16,17,18)/t5?,6-,8?,9-/m0/s1. The lowest BCUT2D eigenvalue weighted by atomic mass is 10.0. The SMILES string of the molecule is CC1C(O)[C@H](COP(=O)(O)OP(=O)(O)OP(=O)(O)O)O[C@@H]1n1ccc(=O)[nH]c1=O. The Morgan fingerprint density at radius 1 is 1.14 bits per heavy atom. The van der Waals surface area contributed by atoms with Gasteiger partial charge in [0.15, 0.2) is 0 Å². The fraction of sp³-hybridized carbons (Fsp3) is 0.600. The van der Waals surface area contributed by atoms with Gasteiger partial charge in [0.05, 0.1) is 12.7 Å². The molecule has 166 valence electrons. The molecule has 6 atom stereocenters. The van der Waals surface area contributed by atoms with Gasteiger partial charge in [-0.15, -0.1) is 0 Å². The molecular weight excluding hydrogens is 465 g/mol. The number of aliphatic hydroxyl groups is 1. The highest BCUT2D eigenvalue weighted by Gasteiger charge is 2.45. The first-order chi connectivity index (χ1) is 13.1. The van der Waals surface area contributed by atoms with E-state index in [9.17, 15) is 33.3 Å². The molecule has 1 aromatic heterocycles. The zero-order chi connectivity index (χ0) is 22.2. The van der Waals surface area contributed by atoms with E-state index >= 15 is 0 Å². The van der Waals surface area contributed by atoms with Crippen LogP contribution in [0.3, 0.4) is 0 Å². The molecule has 2 heterocycles. The van der Waals surface area contributed by atoms with Crippen molar-refractivity contribution in [2.45, 2.75) is 25.4 Å². The second-order valence-corrected chi connectivity index (χ2v) is 10.2. The topological polar surface area (TPSA) is 244 Å². The second kappa shape index (κ2) is 8.63. The predicted molar refractivity (Wildman–Crippen MR) is 90.2 cm³/mol. The van der Waals surface area contributed by atoms with Crippen LogP contribution in [0.1, 0.15) is 13.2 Å². The summed E-state index contributed by atoms with van der Waals surface area (Å²) in [4.78, 5) is 60.4. The number of phosphoric acid groups is 3. The van der Waals surface area contributed by atoms with Crippen molar-refractivity contribution in [2.24, 2.45) is 5.92 Å². The molecule has 0 aromatic carbocycles. The smallest absolute Gasteiger partial charge is 0.390 e. The van der Waals surface area contributed by atoms with E-state index in [1.807, 2.05) is 4.98 Å². The van der Waals surface area contributed by atoms with E-state index in [0.29, 0.717) is 0 Å². The summed E-state index contributed by atoms with van der Waals surface area (Å²) in [5.74, 6) is -0.756. The van der Waals surface area contributed by atoms with Crippen LogP contribution in [0.2, 0.25) is 0 Å². The lowest BCUT2D eigenvalue weighted by Gasteiger charge is -2.19. The number of aliphatic hydroxyl groups excluding tert-OH is 1. The van der Waals surface area contributed by atoms with Crippen LogP contribution in [0.5, 0.6) is 0 Å². The molecule has 0 spiro atoms. The first kappa shape index (κ1) is 24.3. The molecule has 2 rings (SSSR count). The minimum atomic E-state index is -5.68. The monoisotopic (exact) mass is 482 g/mol. The van der Waals surface area contributed by atoms with Crippen LogP contribution in [-0.4, -0.2) is 53.0 Å². The van der Waals surface area contributed by atoms with Crippen molar-refractivity contribution in [3.05, 3.63) is 33.1 Å². The molecule has 19 heteroatoms. The van der Waals surface area contributed by atoms with Gasteiger partial charge < -0.3 is 29.4 Å². The highest BCUT2D eigenvalue weighted by Crippen LogP contribution is 2.66. The number of hydrogen-bond donors (Lipinski definition) is 6. The zero-order valence-corrected chi connectivity index (χ0v) is 17.1. The number of hydrogen-bond acceptors (Lipinski definition) is 10. The lowest BCUT2D eigenvalue weighted by Crippen LogP contribution is -2.33. The molecule has 16 nitrogen and oxygen atoms in total. The second-order valence-electron chi connectivity index (χ2n) is 5.82. The van der Waals surface area contributed by atoms with Crippen molar-refractivity contribution < 1.29 is 56.3 Å². The molecule has 0 amide bonds. The van der Waals surface area contributed by atoms with E-state index < -0.39 is 65.7 Å². The maximum atomic E-state index is 11.8. The molecule has 6 N–H and O–H groups in total. The summed E-state index contributed by atoms with van der Waals surface area (Å²) in [5, 5.41) is 10.2. The van der Waals surface area contributed by atoms with E-state index in [2.05, 4.69) is 13.1 Å². The van der Waals surface area contributed by atoms with Crippen LogP contribution in [0.25, 0.3) is 0 Å². The van der Waals surface area contributed by atoms with E-state index in [0.717, 1.165) is 16.8 Å². The molecule has 29 heavy (non-hydrogen) atoms. The highest BCUT2D eigenvalue weighted by molar-refractivity contribution is 7.66. The van der Waals surface area contributed by atoms with Gasteiger partial charge in [-0.3, -0.25) is 18.9 Å². The molecule has 1 aromatic rings. The number of phosphoric ester groups is 1. The average molecular weight is 482 g/mol. The third-order valence-corrected chi connectivity index (χ3v) is 7.43. The third kappa shape index (κ3) is 6.76. The van der Waals surface area contributed by atoms with Gasteiger partial charge in [-0.1, -0.05) is 6.92 Å². The molecule has 4 unspecified atom stereocenters. The summed E-state index contributed by atoms with van der Waals surface area (Å²) in [7, 11) is -16.6. The summed E-state index contributed by atoms with van der Waals surface area (Å²) >= 11 is 0. The van der Waals surface area contributed by atoms with Gasteiger partial charge in [-0.2, -0.15) is 8.62 Å². The van der Waals surface area contributed by atoms with E-state index in [1.165, 1.54) is 6.92 Å². The number of H-pyrrole nitrogens is 1. The van der Waals surface area contributed by atoms with Gasteiger partial charge in [0.25, 0.3) is 5.56 Å². The fourth-order valence-corrected chi connectivity index (χ4v) is 5.48. The zero-order valence-electron chi connectivity index (χ0n) is 14.4. The van der Waals surface area contributed by atoms with Gasteiger partial charge >= 0.3 is 29.2 Å². The minimum absolute atomic E-state index is 0.665. The fourth-order valence-electron chi connectivity index (χ4n) is 2.45. The summed E-state index contributed by atoms with van der Waals surface area (Å²) in [6.07, 6.45) is -2.64. The number of aromatic nitrogens is 2. The number of nitrogens with zero attached hydrogens (tertiary/aromatic N) is 1. The Kier molecular flexibility index (Phi) is 7.23. The molecule has 1 saturated heterocycles. The molecule has 0 aliphatic carbocycles. The van der Waals surface area contributed by atoms with Crippen molar-refractivity contribution in [1.29, 1.82) is 0 Å². The maximum Gasteiger partial charge on any atom is 0.490 e. The van der Waals surface area contributed by atoms with Gasteiger partial charge in [-0.05, 0) is 0 Å². The number of nitrogens with one attached hydrogen (secondary N) is 1. The van der Waals surface area contributed by atoms with E-state index in [-0.39, 0.29) is 0 Å². The molecule has 1 fully saturated rings. The van der Waals surface area contributed by atoms with Gasteiger partial charge in [0.1, 0.15) is 12.3 Å². The number of aromatic amines is 1. The Morgan fingerprint density at radius 2 is 1.76 bits per heavy atom. The molecule has 0 saturated carbocycles. The van der Waals surface area contributed by atoms with Crippen LogP contribution in [0, 0.1) is 5.92 Å². The van der Waals surface area contributed by atoms with E-state index in [1.54, 1.807) is 0 Å². The average Bonchev–Trinajstić information content (AvgIpc) is 2.78. The first-order valence-electron chi connectivity index (χ1n) is 7.53. The van der Waals surface area contributed by atoms with Gasteiger partial charge in [-0.25, -0.2) is 18.5 Å². The molecule has 0 radical (unpaired) electrons. The normalized spacial score (nSPS) is 29.3. The molecule has 1 aliphatic rings. The van der Waals surface area contributed by atoms with Crippen molar-refractivity contribution >= 4 is 23.5 Å². The Balaban J connectivity index is 2.06. The molecular formula is C10H17N2O14P3. The highest BCUT2D eigenvalue weighted by atomic mass is 31.3. The summed E-state index contributed by atoms with van der Waals surface area (Å²) in [5.41, 5.74) is -1.50. The molecule has 0 bridgehead atoms. The van der Waals surface area contributed by atoms with Crippen LogP contribution in [0.15, 0.2) is 21.9 Å². The lowest BCUT2D eigenvalue weighted by molar-refractivity contribution is -0.0468. The maximum absolute atomic E-state index is 11.8. The Morgan fingerprint density at radius 3 is 2.31 bits per heavy atom. The minimum Gasteiger partial charge on any atom is -0.390 e. The Hall–Kier alpha value is -0.990. The Bertz CT molecular complexity index is 998. The van der Waals surface area contributed by atoms with Crippen LogP contribution in [-0.2, 0) is 31.6 Å². The molecule has 1 aliphatic heterocycles.